The molecule has 0 aliphatic heterocycles. The Labute approximate surface area is 99.4 Å². The van der Waals surface area contributed by atoms with E-state index >= 15 is 0 Å². The predicted molar refractivity (Wildman–Crippen MR) is 50.0 cm³/mol. The number of halogens is 6. The molecule has 0 aromatic carbocycles. The van der Waals surface area contributed by atoms with Crippen LogP contribution in [0.15, 0.2) is 0 Å². The number of hydrogen-bond donors (Lipinski definition) is 1. The summed E-state index contributed by atoms with van der Waals surface area (Å²) in [6.45, 7) is -0.840. The molecular weight excluding hydrogens is 268 g/mol. The number of alkyl halides is 6. The Kier molecular flexibility index (Phi) is 5.91. The van der Waals surface area contributed by atoms with Gasteiger partial charge < -0.3 is 5.11 Å². The van der Waals surface area contributed by atoms with Crippen molar-refractivity contribution in [1.29, 1.82) is 0 Å². The summed E-state index contributed by atoms with van der Waals surface area (Å²) in [6, 6.07) is -2.63. The van der Waals surface area contributed by atoms with Crippen molar-refractivity contribution >= 4 is 5.97 Å². The van der Waals surface area contributed by atoms with Gasteiger partial charge in [0.15, 0.2) is 0 Å². The maximum Gasteiger partial charge on any atom is 0.404 e. The lowest BCUT2D eigenvalue weighted by Crippen LogP contribution is -2.50. The summed E-state index contributed by atoms with van der Waals surface area (Å²) >= 11 is 0. The molecule has 0 saturated carbocycles. The van der Waals surface area contributed by atoms with Crippen molar-refractivity contribution in [1.82, 2.24) is 4.90 Å². The summed E-state index contributed by atoms with van der Waals surface area (Å²) in [5, 5.41) is 8.35. The maximum atomic E-state index is 12.6. The Hall–Kier alpha value is -0.990. The van der Waals surface area contributed by atoms with E-state index in [2.05, 4.69) is 0 Å². The molecule has 0 aromatic heterocycles. The van der Waals surface area contributed by atoms with Crippen LogP contribution in [-0.4, -0.2) is 47.5 Å². The molecule has 3 nitrogen and oxygen atoms in total. The zero-order valence-corrected chi connectivity index (χ0v) is 9.48. The molecule has 1 unspecified atom stereocenters. The zero-order valence-electron chi connectivity index (χ0n) is 9.48. The molecule has 0 aliphatic carbocycles. The summed E-state index contributed by atoms with van der Waals surface area (Å²) in [6.07, 6.45) is -11.2. The number of carbonyl (C=O) groups is 1. The van der Waals surface area contributed by atoms with Crippen molar-refractivity contribution in [3.63, 3.8) is 0 Å². The summed E-state index contributed by atoms with van der Waals surface area (Å²) in [5.74, 6) is -1.79. The van der Waals surface area contributed by atoms with Crippen LogP contribution >= 0.6 is 0 Å². The third kappa shape index (κ3) is 6.67. The quantitative estimate of drug-likeness (QED) is 0.761. The van der Waals surface area contributed by atoms with Gasteiger partial charge in [-0.05, 0) is 13.0 Å². The lowest BCUT2D eigenvalue weighted by Gasteiger charge is -2.32. The van der Waals surface area contributed by atoms with Crippen molar-refractivity contribution in [2.24, 2.45) is 0 Å². The van der Waals surface area contributed by atoms with E-state index in [0.717, 1.165) is 0 Å². The maximum absolute atomic E-state index is 12.6. The Morgan fingerprint density at radius 2 is 1.72 bits per heavy atom. The normalized spacial score (nSPS) is 14.9. The Morgan fingerprint density at radius 1 is 1.22 bits per heavy atom. The summed E-state index contributed by atoms with van der Waals surface area (Å²) in [7, 11) is 0. The molecule has 0 aliphatic rings. The molecule has 0 bridgehead atoms. The third-order valence-electron chi connectivity index (χ3n) is 2.08. The van der Waals surface area contributed by atoms with Crippen LogP contribution in [0.2, 0.25) is 0 Å². The SMILES string of the molecule is CCCN(CC(F)(F)F)C(CC(=O)O)C(F)(F)F. The second kappa shape index (κ2) is 6.26. The highest BCUT2D eigenvalue weighted by Crippen LogP contribution is 2.30. The first-order valence-electron chi connectivity index (χ1n) is 5.06. The van der Waals surface area contributed by atoms with Gasteiger partial charge in [0, 0.05) is 0 Å². The third-order valence-corrected chi connectivity index (χ3v) is 2.08. The van der Waals surface area contributed by atoms with Crippen molar-refractivity contribution in [3.8, 4) is 0 Å². The molecule has 0 rings (SSSR count). The highest BCUT2D eigenvalue weighted by molar-refractivity contribution is 5.67. The van der Waals surface area contributed by atoms with Gasteiger partial charge in [-0.25, -0.2) is 0 Å². The number of hydrogen-bond acceptors (Lipinski definition) is 2. The van der Waals surface area contributed by atoms with Crippen LogP contribution in [0.5, 0.6) is 0 Å². The van der Waals surface area contributed by atoms with Crippen molar-refractivity contribution in [3.05, 3.63) is 0 Å². The van der Waals surface area contributed by atoms with E-state index in [1.807, 2.05) is 0 Å². The average molecular weight is 281 g/mol. The smallest absolute Gasteiger partial charge is 0.404 e. The van der Waals surface area contributed by atoms with Crippen LogP contribution in [0.1, 0.15) is 19.8 Å². The van der Waals surface area contributed by atoms with Gasteiger partial charge in [-0.15, -0.1) is 0 Å². The molecule has 108 valence electrons. The van der Waals surface area contributed by atoms with Crippen LogP contribution in [0.25, 0.3) is 0 Å². The Balaban J connectivity index is 5.03. The van der Waals surface area contributed by atoms with Gasteiger partial charge in [0.1, 0.15) is 6.04 Å². The highest BCUT2D eigenvalue weighted by atomic mass is 19.4. The minimum Gasteiger partial charge on any atom is -0.481 e. The summed E-state index contributed by atoms with van der Waals surface area (Å²) in [4.78, 5) is 10.4. The fourth-order valence-corrected chi connectivity index (χ4v) is 1.48. The number of carboxylic acids is 1. The first-order chi connectivity index (χ1) is 7.97. The molecule has 9 heteroatoms. The van der Waals surface area contributed by atoms with Crippen molar-refractivity contribution < 1.29 is 36.2 Å². The first-order valence-corrected chi connectivity index (χ1v) is 5.06. The molecule has 0 radical (unpaired) electrons. The van der Waals surface area contributed by atoms with Gasteiger partial charge in [-0.1, -0.05) is 6.92 Å². The highest BCUT2D eigenvalue weighted by Gasteiger charge is 2.47. The lowest BCUT2D eigenvalue weighted by atomic mass is 10.1. The van der Waals surface area contributed by atoms with Crippen LogP contribution in [0.4, 0.5) is 26.3 Å². The largest absolute Gasteiger partial charge is 0.481 e. The fraction of sp³-hybridized carbons (Fsp3) is 0.889. The van der Waals surface area contributed by atoms with E-state index < -0.39 is 43.9 Å². The molecule has 0 aromatic rings. The Morgan fingerprint density at radius 3 is 2.00 bits per heavy atom. The topological polar surface area (TPSA) is 40.5 Å². The molecule has 0 fully saturated rings. The number of rotatable bonds is 6. The minimum atomic E-state index is -5.02. The molecule has 0 amide bonds. The van der Waals surface area contributed by atoms with Gasteiger partial charge in [0.25, 0.3) is 0 Å². The standard InChI is InChI=1S/C9H13F6NO2/c1-2-3-16(5-8(10,11)12)6(4-7(17)18)9(13,14)15/h6H,2-5H2,1H3,(H,17,18). The molecule has 18 heavy (non-hydrogen) atoms. The van der Waals surface area contributed by atoms with Gasteiger partial charge in [-0.2, -0.15) is 26.3 Å². The molecule has 0 heterocycles. The summed E-state index contributed by atoms with van der Waals surface area (Å²) < 4.78 is 74.1. The van der Waals surface area contributed by atoms with Crippen LogP contribution in [0.3, 0.4) is 0 Å². The number of nitrogens with zero attached hydrogens (tertiary/aromatic N) is 1. The van der Waals surface area contributed by atoms with Crippen LogP contribution in [-0.2, 0) is 4.79 Å². The van der Waals surface area contributed by atoms with E-state index in [-0.39, 0.29) is 11.3 Å². The zero-order chi connectivity index (χ0) is 14.6. The summed E-state index contributed by atoms with van der Waals surface area (Å²) in [5.41, 5.74) is 0. The number of aliphatic carboxylic acids is 1. The van der Waals surface area contributed by atoms with Crippen LogP contribution in [0, 0.1) is 0 Å². The number of carboxylic acid groups (broad SMARTS) is 1. The molecule has 1 N–H and O–H groups in total. The van der Waals surface area contributed by atoms with E-state index in [9.17, 15) is 31.1 Å². The van der Waals surface area contributed by atoms with E-state index in [1.54, 1.807) is 0 Å². The second-order valence-electron chi connectivity index (χ2n) is 3.74. The lowest BCUT2D eigenvalue weighted by molar-refractivity contribution is -0.213. The average Bonchev–Trinajstić information content (AvgIpc) is 2.09. The van der Waals surface area contributed by atoms with Crippen LogP contribution < -0.4 is 0 Å². The van der Waals surface area contributed by atoms with Crippen molar-refractivity contribution in [2.75, 3.05) is 13.1 Å². The van der Waals surface area contributed by atoms with E-state index in [4.69, 9.17) is 5.11 Å². The van der Waals surface area contributed by atoms with Gasteiger partial charge in [-0.3, -0.25) is 9.69 Å². The van der Waals surface area contributed by atoms with Gasteiger partial charge >= 0.3 is 18.3 Å². The molecule has 0 spiro atoms. The Bertz CT molecular complexity index is 275. The predicted octanol–water partition coefficient (Wildman–Crippen LogP) is 2.67. The van der Waals surface area contributed by atoms with Crippen molar-refractivity contribution in [2.45, 2.75) is 38.2 Å². The minimum absolute atomic E-state index is 0.0578. The van der Waals surface area contributed by atoms with Gasteiger partial charge in [0.05, 0.1) is 13.0 Å². The molecular formula is C9H13F6NO2. The van der Waals surface area contributed by atoms with E-state index in [1.165, 1.54) is 6.92 Å². The molecule has 1 atom stereocenters. The monoisotopic (exact) mass is 281 g/mol. The fourth-order valence-electron chi connectivity index (χ4n) is 1.48. The molecule has 0 saturated heterocycles. The van der Waals surface area contributed by atoms with Gasteiger partial charge in [0.2, 0.25) is 0 Å². The second-order valence-corrected chi connectivity index (χ2v) is 3.74. The van der Waals surface area contributed by atoms with E-state index in [0.29, 0.717) is 0 Å². The first kappa shape index (κ1) is 17.0.